The van der Waals surface area contributed by atoms with Gasteiger partial charge in [0.15, 0.2) is 11.3 Å². The highest BCUT2D eigenvalue weighted by molar-refractivity contribution is 6.02. The van der Waals surface area contributed by atoms with Crippen LogP contribution in [0.1, 0.15) is 16.1 Å². The van der Waals surface area contributed by atoms with Crippen molar-refractivity contribution in [3.63, 3.8) is 0 Å². The van der Waals surface area contributed by atoms with E-state index < -0.39 is 11.4 Å². The molecule has 1 aromatic heterocycles. The first kappa shape index (κ1) is 14.0. The van der Waals surface area contributed by atoms with E-state index in [0.717, 1.165) is 16.9 Å². The van der Waals surface area contributed by atoms with E-state index in [-0.39, 0.29) is 5.69 Å². The maximum Gasteiger partial charge on any atom is 0.358 e. The number of hydrogen-bond acceptors (Lipinski definition) is 7. The molecule has 25 heavy (non-hydrogen) atoms. The Morgan fingerprint density at radius 2 is 2.28 bits per heavy atom. The normalized spacial score (nSPS) is 23.4. The van der Waals surface area contributed by atoms with Gasteiger partial charge in [-0.2, -0.15) is 0 Å². The lowest BCUT2D eigenvalue weighted by atomic mass is 9.75. The van der Waals surface area contributed by atoms with Crippen LogP contribution in [0.2, 0.25) is 0 Å². The van der Waals surface area contributed by atoms with Crippen molar-refractivity contribution in [3.8, 4) is 0 Å². The van der Waals surface area contributed by atoms with Gasteiger partial charge in [0.1, 0.15) is 18.9 Å². The highest BCUT2D eigenvalue weighted by Crippen LogP contribution is 2.46. The van der Waals surface area contributed by atoms with Crippen LogP contribution in [0.4, 0.5) is 5.69 Å². The van der Waals surface area contributed by atoms with Gasteiger partial charge in [0.25, 0.3) is 0 Å². The number of nitrogens with zero attached hydrogens (tertiary/aromatic N) is 4. The molecule has 1 spiro atoms. The molecule has 1 atom stereocenters. The van der Waals surface area contributed by atoms with Gasteiger partial charge in [0.05, 0.1) is 28.7 Å². The Morgan fingerprint density at radius 3 is 3.08 bits per heavy atom. The number of aromatic carboxylic acids is 1. The summed E-state index contributed by atoms with van der Waals surface area (Å²) in [5.74, 6) is -1.11. The van der Waals surface area contributed by atoms with Crippen LogP contribution in [0.3, 0.4) is 0 Å². The van der Waals surface area contributed by atoms with Crippen LogP contribution >= 0.6 is 0 Å². The number of carboxylic acids is 1. The smallest absolute Gasteiger partial charge is 0.358 e. The van der Waals surface area contributed by atoms with Gasteiger partial charge in [-0.1, -0.05) is 5.16 Å². The first-order valence-corrected chi connectivity index (χ1v) is 7.68. The summed E-state index contributed by atoms with van der Waals surface area (Å²) < 4.78 is 10.6. The van der Waals surface area contributed by atoms with E-state index in [1.54, 1.807) is 12.5 Å². The second kappa shape index (κ2) is 4.79. The summed E-state index contributed by atoms with van der Waals surface area (Å²) in [6.45, 7) is 0.545. The van der Waals surface area contributed by atoms with Gasteiger partial charge in [-0.3, -0.25) is 4.99 Å². The number of ether oxygens (including phenoxy) is 1. The lowest BCUT2D eigenvalue weighted by molar-refractivity contribution is 0.0688. The van der Waals surface area contributed by atoms with Gasteiger partial charge in [-0.15, -0.1) is 0 Å². The lowest BCUT2D eigenvalue weighted by Crippen LogP contribution is -2.44. The molecule has 0 radical (unpaired) electrons. The minimum Gasteiger partial charge on any atom is -0.476 e. The second-order valence-electron chi connectivity index (χ2n) is 6.17. The molecule has 0 amide bonds. The second-order valence-corrected chi connectivity index (χ2v) is 6.17. The van der Waals surface area contributed by atoms with Crippen LogP contribution in [-0.2, 0) is 11.2 Å². The number of rotatable bonds is 1. The van der Waals surface area contributed by atoms with Crippen LogP contribution in [0.25, 0.3) is 11.0 Å². The average Bonchev–Trinajstić information content (AvgIpc) is 3.04. The number of benzene rings is 1. The number of aromatic nitrogens is 1. The fraction of sp³-hybridized carbons (Fsp3) is 0.176. The van der Waals surface area contributed by atoms with Crippen molar-refractivity contribution in [3.05, 3.63) is 47.8 Å². The third-order valence-corrected chi connectivity index (χ3v) is 4.72. The molecule has 4 heterocycles. The number of carboxylic acid groups (broad SMARTS) is 1. The van der Waals surface area contributed by atoms with Gasteiger partial charge >= 0.3 is 5.97 Å². The minimum atomic E-state index is -1.11. The van der Waals surface area contributed by atoms with E-state index in [1.165, 1.54) is 6.34 Å². The lowest BCUT2D eigenvalue weighted by Gasteiger charge is -2.43. The van der Waals surface area contributed by atoms with E-state index in [1.807, 2.05) is 29.4 Å². The SMILES string of the molecule is O=C(O)c1noc2cc3c(cc12)CC1(C=NC=NC1)C1=COC=CN13. The molecule has 2 aromatic rings. The highest BCUT2D eigenvalue weighted by Gasteiger charge is 2.43. The Bertz CT molecular complexity index is 1030. The molecular formula is C17H12N4O4. The molecule has 0 bridgehead atoms. The minimum absolute atomic E-state index is 0.0824. The van der Waals surface area contributed by atoms with Crippen molar-refractivity contribution in [1.82, 2.24) is 5.16 Å². The van der Waals surface area contributed by atoms with E-state index in [4.69, 9.17) is 9.26 Å². The predicted octanol–water partition coefficient (Wildman–Crippen LogP) is 2.33. The molecule has 3 aliphatic rings. The summed E-state index contributed by atoms with van der Waals surface area (Å²) in [5.41, 5.74) is 2.73. The average molecular weight is 336 g/mol. The van der Waals surface area contributed by atoms with Gasteiger partial charge in [-0.05, 0) is 18.1 Å². The standard InChI is InChI=1S/C17H12N4O4/c22-16(23)15-11-3-10-5-17(7-18-9-19-8-17)14-6-24-2-1-21(14)12(10)4-13(11)25-20-15/h1-4,6-7,9H,5,8H2,(H,22,23). The molecule has 124 valence electrons. The third-order valence-electron chi connectivity index (χ3n) is 4.72. The molecule has 8 heteroatoms. The number of hydrogen-bond donors (Lipinski definition) is 1. The Kier molecular flexibility index (Phi) is 2.68. The third kappa shape index (κ3) is 1.87. The van der Waals surface area contributed by atoms with E-state index >= 15 is 0 Å². The zero-order chi connectivity index (χ0) is 17.0. The topological polar surface area (TPSA) is 101 Å². The monoisotopic (exact) mass is 336 g/mol. The summed E-state index contributed by atoms with van der Waals surface area (Å²) in [6.07, 6.45) is 9.15. The fourth-order valence-corrected chi connectivity index (χ4v) is 3.59. The van der Waals surface area contributed by atoms with Crippen molar-refractivity contribution in [2.75, 3.05) is 11.4 Å². The maximum absolute atomic E-state index is 11.4. The van der Waals surface area contributed by atoms with Gasteiger partial charge < -0.3 is 19.3 Å². The van der Waals surface area contributed by atoms with Crippen molar-refractivity contribution in [1.29, 1.82) is 0 Å². The Labute approximate surface area is 141 Å². The molecular weight excluding hydrogens is 324 g/mol. The van der Waals surface area contributed by atoms with Crippen LogP contribution in [0.5, 0.6) is 0 Å². The molecule has 0 fully saturated rings. The molecule has 1 unspecified atom stereocenters. The Hall–Kier alpha value is -3.42. The summed E-state index contributed by atoms with van der Waals surface area (Å²) in [5, 5.41) is 13.5. The fourth-order valence-electron chi connectivity index (χ4n) is 3.59. The molecule has 1 aromatic carbocycles. The summed E-state index contributed by atoms with van der Waals surface area (Å²) in [7, 11) is 0. The number of anilines is 1. The zero-order valence-corrected chi connectivity index (χ0v) is 12.9. The van der Waals surface area contributed by atoms with Crippen LogP contribution in [-0.4, -0.2) is 35.3 Å². The number of carbonyl (C=O) groups is 1. The van der Waals surface area contributed by atoms with Crippen LogP contribution < -0.4 is 4.90 Å². The Morgan fingerprint density at radius 1 is 1.36 bits per heavy atom. The van der Waals surface area contributed by atoms with Crippen molar-refractivity contribution in [2.45, 2.75) is 6.42 Å². The summed E-state index contributed by atoms with van der Waals surface area (Å²) in [6, 6.07) is 3.64. The van der Waals surface area contributed by atoms with Crippen LogP contribution in [0, 0.1) is 5.41 Å². The molecule has 5 rings (SSSR count). The van der Waals surface area contributed by atoms with Crippen LogP contribution in [0.15, 0.2) is 51.1 Å². The predicted molar refractivity (Wildman–Crippen MR) is 89.7 cm³/mol. The zero-order valence-electron chi connectivity index (χ0n) is 12.9. The van der Waals surface area contributed by atoms with Gasteiger partial charge in [0.2, 0.25) is 0 Å². The first-order chi connectivity index (χ1) is 12.2. The number of fused-ring (bicyclic) bond motifs is 5. The van der Waals surface area contributed by atoms with Crippen molar-refractivity contribution < 1.29 is 19.2 Å². The summed E-state index contributed by atoms with van der Waals surface area (Å²) in [4.78, 5) is 21.9. The largest absolute Gasteiger partial charge is 0.476 e. The quantitative estimate of drug-likeness (QED) is 0.858. The molecule has 1 N–H and O–H groups in total. The van der Waals surface area contributed by atoms with E-state index in [9.17, 15) is 9.90 Å². The van der Waals surface area contributed by atoms with Gasteiger partial charge in [0, 0.05) is 18.5 Å². The van der Waals surface area contributed by atoms with Crippen molar-refractivity contribution in [2.24, 2.45) is 15.4 Å². The highest BCUT2D eigenvalue weighted by atomic mass is 16.5. The van der Waals surface area contributed by atoms with Gasteiger partial charge in [-0.25, -0.2) is 9.79 Å². The van der Waals surface area contributed by atoms with Crippen molar-refractivity contribution >= 4 is 35.2 Å². The summed E-state index contributed by atoms with van der Waals surface area (Å²) >= 11 is 0. The Balaban J connectivity index is 1.75. The maximum atomic E-state index is 11.4. The molecule has 8 nitrogen and oxygen atoms in total. The molecule has 3 aliphatic heterocycles. The molecule has 0 aliphatic carbocycles. The van der Waals surface area contributed by atoms with E-state index in [2.05, 4.69) is 15.1 Å². The molecule has 0 saturated carbocycles. The number of aliphatic imine (C=N–C) groups is 2. The first-order valence-electron chi connectivity index (χ1n) is 7.68. The van der Waals surface area contributed by atoms with E-state index in [0.29, 0.717) is 23.9 Å². The molecule has 0 saturated heterocycles.